The van der Waals surface area contributed by atoms with E-state index >= 15 is 0 Å². The second kappa shape index (κ2) is 8.39. The standard InChI is InChI=1S/C23H23FN6O/c1-15-2-3-16(12-19(15)24)13-21-28-29-22-14-17(5-9-30(21)22)20-4-8-25-23(27-20)26-18-6-10-31-11-7-18/h2-5,8-9,12,14,18H,6-7,10-11,13H2,1H3,(H,25,26,27). The molecule has 1 aliphatic rings. The molecular weight excluding hydrogens is 395 g/mol. The Balaban J connectivity index is 1.38. The third-order valence-electron chi connectivity index (χ3n) is 5.58. The Kier molecular flexibility index (Phi) is 5.30. The normalized spacial score (nSPS) is 14.8. The van der Waals surface area contributed by atoms with Crippen LogP contribution in [0.4, 0.5) is 10.3 Å². The maximum absolute atomic E-state index is 13.9. The monoisotopic (exact) mass is 418 g/mol. The van der Waals surface area contributed by atoms with Crippen LogP contribution in [0.2, 0.25) is 0 Å². The number of fused-ring (bicyclic) bond motifs is 1. The van der Waals surface area contributed by atoms with Gasteiger partial charge in [0, 0.05) is 43.6 Å². The van der Waals surface area contributed by atoms with Gasteiger partial charge in [-0.3, -0.25) is 4.40 Å². The van der Waals surface area contributed by atoms with E-state index in [4.69, 9.17) is 4.74 Å². The number of pyridine rings is 1. The molecule has 5 rings (SSSR count). The van der Waals surface area contributed by atoms with Gasteiger partial charge in [-0.15, -0.1) is 10.2 Å². The van der Waals surface area contributed by atoms with Gasteiger partial charge >= 0.3 is 0 Å². The van der Waals surface area contributed by atoms with Crippen LogP contribution < -0.4 is 5.32 Å². The number of halogens is 1. The van der Waals surface area contributed by atoms with Crippen molar-refractivity contribution in [2.75, 3.05) is 18.5 Å². The fourth-order valence-corrected chi connectivity index (χ4v) is 3.76. The zero-order valence-electron chi connectivity index (χ0n) is 17.3. The number of hydrogen-bond acceptors (Lipinski definition) is 6. The number of ether oxygens (including phenoxy) is 1. The molecule has 0 aliphatic carbocycles. The number of aromatic nitrogens is 5. The molecule has 0 unspecified atom stereocenters. The SMILES string of the molecule is Cc1ccc(Cc2nnc3cc(-c4ccnc(NC5CCOCC5)n4)ccn23)cc1F. The molecule has 0 radical (unpaired) electrons. The number of aryl methyl sites for hydroxylation is 1. The van der Waals surface area contributed by atoms with E-state index in [1.807, 2.05) is 34.9 Å². The van der Waals surface area contributed by atoms with Crippen LogP contribution in [0.3, 0.4) is 0 Å². The van der Waals surface area contributed by atoms with Gasteiger partial charge in [0.05, 0.1) is 5.69 Å². The third-order valence-corrected chi connectivity index (χ3v) is 5.58. The fraction of sp³-hybridized carbons (Fsp3) is 0.304. The van der Waals surface area contributed by atoms with E-state index in [1.165, 1.54) is 0 Å². The van der Waals surface area contributed by atoms with Crippen LogP contribution in [-0.2, 0) is 11.2 Å². The molecular formula is C23H23FN6O. The molecule has 3 aromatic heterocycles. The molecule has 0 bridgehead atoms. The summed E-state index contributed by atoms with van der Waals surface area (Å²) in [7, 11) is 0. The first-order chi connectivity index (χ1) is 15.2. The van der Waals surface area contributed by atoms with Gasteiger partial charge in [0.1, 0.15) is 11.6 Å². The Labute approximate surface area is 179 Å². The Bertz CT molecular complexity index is 1220. The van der Waals surface area contributed by atoms with Crippen LogP contribution in [0, 0.1) is 12.7 Å². The quantitative estimate of drug-likeness (QED) is 0.531. The van der Waals surface area contributed by atoms with E-state index < -0.39 is 0 Å². The molecule has 0 spiro atoms. The maximum Gasteiger partial charge on any atom is 0.223 e. The van der Waals surface area contributed by atoms with Crippen molar-refractivity contribution >= 4 is 11.6 Å². The predicted octanol–water partition coefficient (Wildman–Crippen LogP) is 3.82. The van der Waals surface area contributed by atoms with Gasteiger partial charge in [-0.25, -0.2) is 14.4 Å². The number of rotatable bonds is 5. The first-order valence-corrected chi connectivity index (χ1v) is 10.4. The summed E-state index contributed by atoms with van der Waals surface area (Å²) in [5.41, 5.74) is 3.97. The van der Waals surface area contributed by atoms with E-state index in [0.717, 1.165) is 54.3 Å². The molecule has 4 aromatic rings. The van der Waals surface area contributed by atoms with Crippen molar-refractivity contribution in [3.63, 3.8) is 0 Å². The van der Waals surface area contributed by atoms with Crippen LogP contribution >= 0.6 is 0 Å². The number of nitrogens with one attached hydrogen (secondary N) is 1. The lowest BCUT2D eigenvalue weighted by Gasteiger charge is -2.23. The smallest absolute Gasteiger partial charge is 0.223 e. The molecule has 8 heteroatoms. The van der Waals surface area contributed by atoms with Gasteiger partial charge in [0.2, 0.25) is 5.95 Å². The van der Waals surface area contributed by atoms with Crippen molar-refractivity contribution in [1.29, 1.82) is 0 Å². The lowest BCUT2D eigenvalue weighted by molar-refractivity contribution is 0.0903. The number of nitrogens with zero attached hydrogens (tertiary/aromatic N) is 5. The largest absolute Gasteiger partial charge is 0.381 e. The molecule has 1 aromatic carbocycles. The Morgan fingerprint density at radius 2 is 2.00 bits per heavy atom. The zero-order chi connectivity index (χ0) is 21.2. The molecule has 0 amide bonds. The van der Waals surface area contributed by atoms with E-state index in [-0.39, 0.29) is 5.82 Å². The zero-order valence-corrected chi connectivity index (χ0v) is 17.3. The molecule has 158 valence electrons. The highest BCUT2D eigenvalue weighted by Crippen LogP contribution is 2.21. The molecule has 4 heterocycles. The van der Waals surface area contributed by atoms with Gasteiger partial charge < -0.3 is 10.1 Å². The van der Waals surface area contributed by atoms with E-state index in [1.54, 1.807) is 25.3 Å². The van der Waals surface area contributed by atoms with Crippen molar-refractivity contribution in [2.45, 2.75) is 32.2 Å². The number of benzene rings is 1. The Morgan fingerprint density at radius 3 is 2.84 bits per heavy atom. The van der Waals surface area contributed by atoms with Crippen molar-refractivity contribution in [1.82, 2.24) is 24.6 Å². The van der Waals surface area contributed by atoms with Gasteiger partial charge in [0.25, 0.3) is 0 Å². The molecule has 7 nitrogen and oxygen atoms in total. The molecule has 1 N–H and O–H groups in total. The summed E-state index contributed by atoms with van der Waals surface area (Å²) < 4.78 is 21.2. The summed E-state index contributed by atoms with van der Waals surface area (Å²) in [6.45, 7) is 3.28. The lowest BCUT2D eigenvalue weighted by atomic mass is 10.1. The highest BCUT2D eigenvalue weighted by atomic mass is 19.1. The average Bonchev–Trinajstić information content (AvgIpc) is 3.19. The molecule has 1 fully saturated rings. The highest BCUT2D eigenvalue weighted by Gasteiger charge is 2.15. The predicted molar refractivity (Wildman–Crippen MR) is 115 cm³/mol. The first-order valence-electron chi connectivity index (χ1n) is 10.4. The Hall–Kier alpha value is -3.39. The minimum Gasteiger partial charge on any atom is -0.381 e. The minimum atomic E-state index is -0.206. The summed E-state index contributed by atoms with van der Waals surface area (Å²) in [6.07, 6.45) is 6.10. The van der Waals surface area contributed by atoms with E-state index in [0.29, 0.717) is 24.0 Å². The summed E-state index contributed by atoms with van der Waals surface area (Å²) in [4.78, 5) is 9.03. The molecule has 1 aliphatic heterocycles. The minimum absolute atomic E-state index is 0.206. The van der Waals surface area contributed by atoms with Gasteiger partial charge in [-0.1, -0.05) is 12.1 Å². The van der Waals surface area contributed by atoms with Gasteiger partial charge in [-0.05, 0) is 55.2 Å². The van der Waals surface area contributed by atoms with Crippen LogP contribution in [0.5, 0.6) is 0 Å². The first kappa shape index (κ1) is 19.6. The number of hydrogen-bond donors (Lipinski definition) is 1. The van der Waals surface area contributed by atoms with Crippen LogP contribution in [0.1, 0.15) is 29.8 Å². The summed E-state index contributed by atoms with van der Waals surface area (Å²) in [6, 6.07) is 11.4. The number of anilines is 1. The topological polar surface area (TPSA) is 77.2 Å². The second-order valence-corrected chi connectivity index (χ2v) is 7.82. The van der Waals surface area contributed by atoms with Crippen LogP contribution in [0.15, 0.2) is 48.8 Å². The highest BCUT2D eigenvalue weighted by molar-refractivity contribution is 5.64. The summed E-state index contributed by atoms with van der Waals surface area (Å²) in [5.74, 6) is 1.17. The van der Waals surface area contributed by atoms with E-state index in [2.05, 4.69) is 25.5 Å². The fourth-order valence-electron chi connectivity index (χ4n) is 3.76. The van der Waals surface area contributed by atoms with Crippen molar-refractivity contribution in [3.8, 4) is 11.3 Å². The van der Waals surface area contributed by atoms with Crippen molar-refractivity contribution in [2.24, 2.45) is 0 Å². The molecule has 31 heavy (non-hydrogen) atoms. The molecule has 1 saturated heterocycles. The van der Waals surface area contributed by atoms with Crippen LogP contribution in [-0.4, -0.2) is 43.8 Å². The average molecular weight is 418 g/mol. The molecule has 0 atom stereocenters. The van der Waals surface area contributed by atoms with Crippen LogP contribution in [0.25, 0.3) is 16.9 Å². The maximum atomic E-state index is 13.9. The van der Waals surface area contributed by atoms with Gasteiger partial charge in [0.15, 0.2) is 5.65 Å². The third kappa shape index (κ3) is 4.25. The van der Waals surface area contributed by atoms with Crippen molar-refractivity contribution < 1.29 is 9.13 Å². The lowest BCUT2D eigenvalue weighted by Crippen LogP contribution is -2.28. The van der Waals surface area contributed by atoms with Crippen molar-refractivity contribution in [3.05, 3.63) is 71.6 Å². The van der Waals surface area contributed by atoms with E-state index in [9.17, 15) is 4.39 Å². The summed E-state index contributed by atoms with van der Waals surface area (Å²) >= 11 is 0. The second-order valence-electron chi connectivity index (χ2n) is 7.82. The molecule has 0 saturated carbocycles. The van der Waals surface area contributed by atoms with Gasteiger partial charge in [-0.2, -0.15) is 0 Å². The Morgan fingerprint density at radius 1 is 1.13 bits per heavy atom. The summed E-state index contributed by atoms with van der Waals surface area (Å²) in [5, 5.41) is 12.0.